The fourth-order valence-electron chi connectivity index (χ4n) is 2.93. The van der Waals surface area contributed by atoms with Gasteiger partial charge in [0.2, 0.25) is 0 Å². The van der Waals surface area contributed by atoms with Gasteiger partial charge < -0.3 is 14.8 Å². The van der Waals surface area contributed by atoms with Crippen molar-refractivity contribution >= 4 is 0 Å². The van der Waals surface area contributed by atoms with Crippen LogP contribution in [0.5, 0.6) is 11.5 Å². The molecule has 3 nitrogen and oxygen atoms in total. The zero-order valence-corrected chi connectivity index (χ0v) is 12.5. The zero-order chi connectivity index (χ0) is 15.7. The van der Waals surface area contributed by atoms with Crippen molar-refractivity contribution in [1.82, 2.24) is 5.32 Å². The number of rotatable bonds is 3. The summed E-state index contributed by atoms with van der Waals surface area (Å²) in [4.78, 5) is 0. The predicted molar refractivity (Wildman–Crippen MR) is 79.5 cm³/mol. The Hall–Kier alpha value is -2.14. The summed E-state index contributed by atoms with van der Waals surface area (Å²) in [6.45, 7) is 0.640. The number of methoxy groups -OCH3 is 2. The molecule has 0 unspecified atom stereocenters. The second kappa shape index (κ2) is 5.93. The molecular formula is C17H17F2NO2. The lowest BCUT2D eigenvalue weighted by Crippen LogP contribution is -2.32. The molecule has 0 aliphatic carbocycles. The predicted octanol–water partition coefficient (Wildman–Crippen LogP) is 3.22. The molecule has 1 aliphatic rings. The molecule has 3 rings (SSSR count). The van der Waals surface area contributed by atoms with E-state index in [1.807, 2.05) is 6.07 Å². The summed E-state index contributed by atoms with van der Waals surface area (Å²) < 4.78 is 38.8. The van der Waals surface area contributed by atoms with Crippen LogP contribution in [-0.4, -0.2) is 20.8 Å². The Labute approximate surface area is 127 Å². The topological polar surface area (TPSA) is 30.5 Å². The Kier molecular flexibility index (Phi) is 3.98. The van der Waals surface area contributed by atoms with Crippen molar-refractivity contribution < 1.29 is 18.3 Å². The minimum Gasteiger partial charge on any atom is -0.493 e. The molecule has 0 spiro atoms. The Morgan fingerprint density at radius 1 is 1.05 bits per heavy atom. The van der Waals surface area contributed by atoms with Crippen LogP contribution in [0.4, 0.5) is 8.78 Å². The van der Waals surface area contributed by atoms with Gasteiger partial charge in [0.25, 0.3) is 0 Å². The number of benzene rings is 2. The third-order valence-corrected chi connectivity index (χ3v) is 3.99. The van der Waals surface area contributed by atoms with E-state index in [1.54, 1.807) is 20.3 Å². The molecule has 1 aliphatic heterocycles. The van der Waals surface area contributed by atoms with Crippen LogP contribution in [0, 0.1) is 11.6 Å². The average Bonchev–Trinajstić information content (AvgIpc) is 2.53. The highest BCUT2D eigenvalue weighted by Gasteiger charge is 2.28. The van der Waals surface area contributed by atoms with Gasteiger partial charge in [0.1, 0.15) is 11.6 Å². The van der Waals surface area contributed by atoms with Crippen LogP contribution in [0.25, 0.3) is 0 Å². The van der Waals surface area contributed by atoms with Gasteiger partial charge in [0.15, 0.2) is 11.5 Å². The normalized spacial score (nSPS) is 17.0. The summed E-state index contributed by atoms with van der Waals surface area (Å²) in [6.07, 6.45) is 0.766. The number of hydrogen-bond donors (Lipinski definition) is 1. The maximum Gasteiger partial charge on any atom is 0.161 e. The number of ether oxygens (including phenoxy) is 2. The molecule has 0 saturated carbocycles. The first kappa shape index (κ1) is 14.8. The van der Waals surface area contributed by atoms with Gasteiger partial charge in [-0.25, -0.2) is 8.78 Å². The molecule has 0 fully saturated rings. The second-order valence-corrected chi connectivity index (χ2v) is 5.18. The van der Waals surface area contributed by atoms with Crippen molar-refractivity contribution in [2.75, 3.05) is 20.8 Å². The first-order chi connectivity index (χ1) is 10.7. The van der Waals surface area contributed by atoms with E-state index in [0.717, 1.165) is 17.5 Å². The van der Waals surface area contributed by atoms with Crippen molar-refractivity contribution in [1.29, 1.82) is 0 Å². The van der Waals surface area contributed by atoms with Gasteiger partial charge in [0.05, 0.1) is 20.3 Å². The molecule has 5 heteroatoms. The molecular weight excluding hydrogens is 288 g/mol. The number of halogens is 2. The van der Waals surface area contributed by atoms with Gasteiger partial charge in [-0.05, 0) is 41.8 Å². The molecule has 0 aromatic heterocycles. The fourth-order valence-corrected chi connectivity index (χ4v) is 2.93. The minimum absolute atomic E-state index is 0.0377. The molecule has 1 heterocycles. The molecule has 0 saturated heterocycles. The van der Waals surface area contributed by atoms with Gasteiger partial charge in [-0.1, -0.05) is 6.07 Å². The number of hydrogen-bond acceptors (Lipinski definition) is 3. The summed E-state index contributed by atoms with van der Waals surface area (Å²) in [6, 6.07) is 7.04. The van der Waals surface area contributed by atoms with Gasteiger partial charge in [-0.3, -0.25) is 0 Å². The van der Waals surface area contributed by atoms with E-state index in [2.05, 4.69) is 5.32 Å². The van der Waals surface area contributed by atoms with Gasteiger partial charge in [0, 0.05) is 12.1 Å². The molecule has 0 bridgehead atoms. The van der Waals surface area contributed by atoms with Crippen molar-refractivity contribution in [2.24, 2.45) is 0 Å². The largest absolute Gasteiger partial charge is 0.493 e. The molecule has 116 valence electrons. The summed E-state index contributed by atoms with van der Waals surface area (Å²) >= 11 is 0. The van der Waals surface area contributed by atoms with Gasteiger partial charge >= 0.3 is 0 Å². The molecule has 2 aromatic carbocycles. The van der Waals surface area contributed by atoms with Crippen molar-refractivity contribution in [2.45, 2.75) is 12.5 Å². The van der Waals surface area contributed by atoms with Crippen molar-refractivity contribution in [3.63, 3.8) is 0 Å². The smallest absolute Gasteiger partial charge is 0.161 e. The van der Waals surface area contributed by atoms with Crippen LogP contribution in [-0.2, 0) is 6.42 Å². The van der Waals surface area contributed by atoms with Crippen LogP contribution in [0.3, 0.4) is 0 Å². The summed E-state index contributed by atoms with van der Waals surface area (Å²) in [5.74, 6) is 0.0582. The van der Waals surface area contributed by atoms with Crippen LogP contribution in [0.15, 0.2) is 30.3 Å². The fraction of sp³-hybridized carbons (Fsp3) is 0.294. The van der Waals surface area contributed by atoms with Crippen LogP contribution in [0.1, 0.15) is 22.7 Å². The van der Waals surface area contributed by atoms with E-state index in [-0.39, 0.29) is 5.56 Å². The Morgan fingerprint density at radius 3 is 2.32 bits per heavy atom. The minimum atomic E-state index is -0.555. The van der Waals surface area contributed by atoms with E-state index >= 15 is 0 Å². The Morgan fingerprint density at radius 2 is 1.68 bits per heavy atom. The maximum atomic E-state index is 14.1. The SMILES string of the molecule is COc1cc2c(cc1OC)[C@@H](c1c(F)cccc1F)NCC2. The third-order valence-electron chi connectivity index (χ3n) is 3.99. The monoisotopic (exact) mass is 305 g/mol. The third kappa shape index (κ3) is 2.41. The molecule has 0 amide bonds. The van der Waals surface area contributed by atoms with Crippen LogP contribution >= 0.6 is 0 Å². The molecule has 1 atom stereocenters. The lowest BCUT2D eigenvalue weighted by atomic mass is 9.89. The van der Waals surface area contributed by atoms with Gasteiger partial charge in [-0.15, -0.1) is 0 Å². The highest BCUT2D eigenvalue weighted by Crippen LogP contribution is 2.38. The second-order valence-electron chi connectivity index (χ2n) is 5.18. The zero-order valence-electron chi connectivity index (χ0n) is 12.5. The first-order valence-corrected chi connectivity index (χ1v) is 7.07. The molecule has 22 heavy (non-hydrogen) atoms. The van der Waals surface area contributed by atoms with E-state index in [0.29, 0.717) is 18.0 Å². The first-order valence-electron chi connectivity index (χ1n) is 7.07. The number of fused-ring (bicyclic) bond motifs is 1. The van der Waals surface area contributed by atoms with Gasteiger partial charge in [-0.2, -0.15) is 0 Å². The van der Waals surface area contributed by atoms with E-state index in [9.17, 15) is 8.78 Å². The van der Waals surface area contributed by atoms with E-state index in [4.69, 9.17) is 9.47 Å². The highest BCUT2D eigenvalue weighted by atomic mass is 19.1. The maximum absolute atomic E-state index is 14.1. The van der Waals surface area contributed by atoms with Crippen LogP contribution in [0.2, 0.25) is 0 Å². The van der Waals surface area contributed by atoms with Crippen LogP contribution < -0.4 is 14.8 Å². The van der Waals surface area contributed by atoms with E-state index in [1.165, 1.54) is 18.2 Å². The standard InChI is InChI=1S/C17H17F2NO2/c1-21-14-8-10-6-7-20-17(11(10)9-15(14)22-2)16-12(18)4-3-5-13(16)19/h3-5,8-9,17,20H,6-7H2,1-2H3/t17-/m0/s1. The lowest BCUT2D eigenvalue weighted by molar-refractivity contribution is 0.352. The Balaban J connectivity index is 2.15. The molecule has 0 radical (unpaired) electrons. The van der Waals surface area contributed by atoms with E-state index < -0.39 is 17.7 Å². The number of nitrogens with one attached hydrogen (secondary N) is 1. The average molecular weight is 305 g/mol. The summed E-state index contributed by atoms with van der Waals surface area (Å²) in [7, 11) is 3.11. The summed E-state index contributed by atoms with van der Waals surface area (Å²) in [5, 5.41) is 3.19. The summed E-state index contributed by atoms with van der Waals surface area (Å²) in [5.41, 5.74) is 1.85. The molecule has 1 N–H and O–H groups in total. The quantitative estimate of drug-likeness (QED) is 0.944. The lowest BCUT2D eigenvalue weighted by Gasteiger charge is -2.29. The highest BCUT2D eigenvalue weighted by molar-refractivity contribution is 5.51. The van der Waals surface area contributed by atoms with Crippen molar-refractivity contribution in [3.05, 3.63) is 58.7 Å². The molecule has 2 aromatic rings. The Bertz CT molecular complexity index is 683. The van der Waals surface area contributed by atoms with Crippen molar-refractivity contribution in [3.8, 4) is 11.5 Å².